The molecule has 0 aromatic heterocycles. The lowest BCUT2D eigenvalue weighted by Crippen LogP contribution is -2.19. The fourth-order valence-corrected chi connectivity index (χ4v) is 5.93. The number of nitriles is 1. The van der Waals surface area contributed by atoms with Gasteiger partial charge in [0.1, 0.15) is 11.2 Å². The van der Waals surface area contributed by atoms with E-state index in [-0.39, 0.29) is 11.5 Å². The van der Waals surface area contributed by atoms with E-state index in [1.807, 2.05) is 0 Å². The van der Waals surface area contributed by atoms with Crippen LogP contribution in [0, 0.1) is 16.7 Å². The van der Waals surface area contributed by atoms with E-state index in [0.717, 1.165) is 5.56 Å². The van der Waals surface area contributed by atoms with Crippen LogP contribution in [-0.4, -0.2) is 34.5 Å². The smallest absolute Gasteiger partial charge is 0.183 e. The second-order valence-corrected chi connectivity index (χ2v) is 8.76. The van der Waals surface area contributed by atoms with Gasteiger partial charge >= 0.3 is 0 Å². The average molecular weight is 392 g/mol. The minimum atomic E-state index is -3.73. The minimum absolute atomic E-state index is 0.0394. The third-order valence-electron chi connectivity index (χ3n) is 4.80. The van der Waals surface area contributed by atoms with Gasteiger partial charge in [-0.3, -0.25) is 0 Å². The molecule has 5 nitrogen and oxygen atoms in total. The number of halogens is 1. The van der Waals surface area contributed by atoms with E-state index in [4.69, 9.17) is 21.1 Å². The third-order valence-corrected chi connectivity index (χ3v) is 7.34. The first-order valence-corrected chi connectivity index (χ1v) is 9.86. The maximum atomic E-state index is 13.2. The van der Waals surface area contributed by atoms with E-state index in [9.17, 15) is 13.7 Å². The highest BCUT2D eigenvalue weighted by atomic mass is 35.5. The number of methoxy groups -OCH3 is 2. The molecule has 3 rings (SSSR count). The van der Waals surface area contributed by atoms with Crippen LogP contribution < -0.4 is 4.74 Å². The van der Waals surface area contributed by atoms with Gasteiger partial charge in [0.15, 0.2) is 9.84 Å². The van der Waals surface area contributed by atoms with Gasteiger partial charge < -0.3 is 9.47 Å². The molecule has 0 amide bonds. The van der Waals surface area contributed by atoms with Crippen molar-refractivity contribution in [3.8, 4) is 11.8 Å². The molecular formula is C19H18ClNO4S. The zero-order valence-corrected chi connectivity index (χ0v) is 15.9. The number of nitrogens with zero attached hydrogens (tertiary/aromatic N) is 1. The molecule has 2 aromatic rings. The summed E-state index contributed by atoms with van der Waals surface area (Å²) in [4.78, 5) is 0.152. The van der Waals surface area contributed by atoms with Crippen molar-refractivity contribution in [2.75, 3.05) is 20.8 Å². The first-order chi connectivity index (χ1) is 12.4. The van der Waals surface area contributed by atoms with E-state index >= 15 is 0 Å². The van der Waals surface area contributed by atoms with Gasteiger partial charge in [-0.25, -0.2) is 8.42 Å². The van der Waals surface area contributed by atoms with Crippen molar-refractivity contribution in [3.05, 3.63) is 59.1 Å². The third kappa shape index (κ3) is 2.96. The van der Waals surface area contributed by atoms with Crippen LogP contribution in [-0.2, 0) is 14.6 Å². The normalized spacial score (nSPS) is 24.7. The number of rotatable bonds is 6. The molecule has 0 aliphatic heterocycles. The van der Waals surface area contributed by atoms with Crippen LogP contribution in [0.1, 0.15) is 11.5 Å². The second-order valence-electron chi connectivity index (χ2n) is 6.26. The Balaban J connectivity index is 2.05. The summed E-state index contributed by atoms with van der Waals surface area (Å²) in [6.45, 7) is 0.0394. The van der Waals surface area contributed by atoms with Gasteiger partial charge in [-0.2, -0.15) is 5.26 Å². The number of benzene rings is 2. The SMILES string of the molecule is COC[C@]1(C#N)[C@H](c2ccc(OC)cc2)[C@@H]1S(=O)(=O)c1ccc(Cl)cc1. The predicted molar refractivity (Wildman–Crippen MR) is 98.1 cm³/mol. The lowest BCUT2D eigenvalue weighted by Gasteiger charge is -2.08. The van der Waals surface area contributed by atoms with Gasteiger partial charge in [0.2, 0.25) is 0 Å². The Morgan fingerprint density at radius 2 is 1.73 bits per heavy atom. The molecule has 26 heavy (non-hydrogen) atoms. The van der Waals surface area contributed by atoms with Crippen LogP contribution in [0.15, 0.2) is 53.4 Å². The Hall–Kier alpha value is -2.07. The number of ether oxygens (including phenoxy) is 2. The average Bonchev–Trinajstić information content (AvgIpc) is 3.32. The monoisotopic (exact) mass is 391 g/mol. The first kappa shape index (κ1) is 18.7. The Morgan fingerprint density at radius 1 is 1.12 bits per heavy atom. The lowest BCUT2D eigenvalue weighted by atomic mass is 10.0. The van der Waals surface area contributed by atoms with Gasteiger partial charge in [-0.1, -0.05) is 23.7 Å². The number of sulfone groups is 1. The minimum Gasteiger partial charge on any atom is -0.497 e. The largest absolute Gasteiger partial charge is 0.497 e. The van der Waals surface area contributed by atoms with Crippen molar-refractivity contribution in [2.45, 2.75) is 16.1 Å². The summed E-state index contributed by atoms with van der Waals surface area (Å²) < 4.78 is 36.7. The molecule has 0 N–H and O–H groups in total. The fourth-order valence-electron chi connectivity index (χ4n) is 3.49. The van der Waals surface area contributed by atoms with E-state index in [2.05, 4.69) is 6.07 Å². The molecule has 1 fully saturated rings. The van der Waals surface area contributed by atoms with Gasteiger partial charge in [-0.15, -0.1) is 0 Å². The number of hydrogen-bond acceptors (Lipinski definition) is 5. The van der Waals surface area contributed by atoms with Crippen LogP contribution in [0.25, 0.3) is 0 Å². The molecule has 3 atom stereocenters. The first-order valence-electron chi connectivity index (χ1n) is 7.94. The highest BCUT2D eigenvalue weighted by Gasteiger charge is 2.72. The van der Waals surface area contributed by atoms with Crippen LogP contribution >= 0.6 is 11.6 Å². The van der Waals surface area contributed by atoms with Crippen molar-refractivity contribution in [1.82, 2.24) is 0 Å². The van der Waals surface area contributed by atoms with Crippen LogP contribution in [0.3, 0.4) is 0 Å². The standard InChI is InChI=1S/C19H18ClNO4S/c1-24-12-19(11-21)17(13-3-7-15(25-2)8-4-13)18(19)26(22,23)16-9-5-14(20)6-10-16/h3-10,17-18H,12H2,1-2H3/t17-,18+,19-/m1/s1. The molecule has 1 aliphatic rings. The van der Waals surface area contributed by atoms with Crippen molar-refractivity contribution in [3.63, 3.8) is 0 Å². The molecule has 7 heteroatoms. The molecular weight excluding hydrogens is 374 g/mol. The maximum absolute atomic E-state index is 13.2. The maximum Gasteiger partial charge on any atom is 0.183 e. The van der Waals surface area contributed by atoms with Crippen LogP contribution in [0.2, 0.25) is 5.02 Å². The molecule has 2 aromatic carbocycles. The van der Waals surface area contributed by atoms with Gasteiger partial charge in [0, 0.05) is 18.1 Å². The van der Waals surface area contributed by atoms with Gasteiger partial charge in [0.05, 0.1) is 29.9 Å². The molecule has 0 bridgehead atoms. The molecule has 0 spiro atoms. The Bertz CT molecular complexity index is 935. The van der Waals surface area contributed by atoms with Crippen molar-refractivity contribution in [2.24, 2.45) is 5.41 Å². The van der Waals surface area contributed by atoms with Crippen LogP contribution in [0.5, 0.6) is 5.75 Å². The Kier molecular flexibility index (Phi) is 4.98. The molecule has 0 saturated heterocycles. The van der Waals surface area contributed by atoms with E-state index in [0.29, 0.717) is 10.8 Å². The Morgan fingerprint density at radius 3 is 2.23 bits per heavy atom. The molecule has 0 heterocycles. The van der Waals surface area contributed by atoms with E-state index < -0.39 is 26.4 Å². The molecule has 1 saturated carbocycles. The van der Waals surface area contributed by atoms with Gasteiger partial charge in [0.25, 0.3) is 0 Å². The highest BCUT2D eigenvalue weighted by molar-refractivity contribution is 7.92. The van der Waals surface area contributed by atoms with E-state index in [1.165, 1.54) is 31.4 Å². The van der Waals surface area contributed by atoms with E-state index in [1.54, 1.807) is 31.4 Å². The summed E-state index contributed by atoms with van der Waals surface area (Å²) in [5.74, 6) is 0.194. The van der Waals surface area contributed by atoms with Crippen molar-refractivity contribution >= 4 is 21.4 Å². The highest BCUT2D eigenvalue weighted by Crippen LogP contribution is 2.64. The molecule has 0 radical (unpaired) electrons. The summed E-state index contributed by atoms with van der Waals surface area (Å²) >= 11 is 5.86. The summed E-state index contributed by atoms with van der Waals surface area (Å²) in [6, 6.07) is 15.3. The summed E-state index contributed by atoms with van der Waals surface area (Å²) in [5.41, 5.74) is -0.353. The lowest BCUT2D eigenvalue weighted by molar-refractivity contribution is 0.162. The summed E-state index contributed by atoms with van der Waals surface area (Å²) in [5, 5.41) is 9.38. The Labute approximate surface area is 158 Å². The summed E-state index contributed by atoms with van der Waals surface area (Å²) in [7, 11) is -0.703. The summed E-state index contributed by atoms with van der Waals surface area (Å²) in [6.07, 6.45) is 0. The predicted octanol–water partition coefficient (Wildman–Crippen LogP) is 3.44. The van der Waals surface area contributed by atoms with Crippen LogP contribution in [0.4, 0.5) is 0 Å². The van der Waals surface area contributed by atoms with Crippen molar-refractivity contribution in [1.29, 1.82) is 5.26 Å². The second kappa shape index (κ2) is 6.92. The fraction of sp³-hybridized carbons (Fsp3) is 0.316. The number of hydrogen-bond donors (Lipinski definition) is 0. The van der Waals surface area contributed by atoms with Gasteiger partial charge in [-0.05, 0) is 42.0 Å². The zero-order chi connectivity index (χ0) is 18.9. The molecule has 136 valence electrons. The quantitative estimate of drug-likeness (QED) is 0.753. The molecule has 0 unspecified atom stereocenters. The van der Waals surface area contributed by atoms with Crippen molar-refractivity contribution < 1.29 is 17.9 Å². The molecule has 1 aliphatic carbocycles. The zero-order valence-electron chi connectivity index (χ0n) is 14.3. The topological polar surface area (TPSA) is 76.4 Å².